The molecule has 0 spiro atoms. The standard InChI is InChI=1S/C7H12ClN3S/c1-5-9-6(12-11-5)10-7(2,3)4-8/h4H2,1-3H3,(H,9,10,11). The highest BCUT2D eigenvalue weighted by Crippen LogP contribution is 2.17. The highest BCUT2D eigenvalue weighted by atomic mass is 35.5. The molecule has 1 heterocycles. The van der Waals surface area contributed by atoms with Crippen LogP contribution in [0.25, 0.3) is 0 Å². The minimum absolute atomic E-state index is 0.118. The number of aromatic nitrogens is 2. The molecule has 0 fully saturated rings. The predicted molar refractivity (Wildman–Crippen MR) is 53.1 cm³/mol. The van der Waals surface area contributed by atoms with Crippen molar-refractivity contribution in [3.63, 3.8) is 0 Å². The quantitative estimate of drug-likeness (QED) is 0.770. The first-order chi connectivity index (χ1) is 5.53. The molecule has 1 aromatic rings. The number of rotatable bonds is 3. The van der Waals surface area contributed by atoms with Gasteiger partial charge in [0, 0.05) is 23.0 Å². The highest BCUT2D eigenvalue weighted by Gasteiger charge is 2.17. The number of alkyl halides is 1. The number of halogens is 1. The van der Waals surface area contributed by atoms with E-state index < -0.39 is 0 Å². The molecule has 0 aliphatic rings. The molecule has 0 aliphatic heterocycles. The summed E-state index contributed by atoms with van der Waals surface area (Å²) in [7, 11) is 0. The Morgan fingerprint density at radius 2 is 2.25 bits per heavy atom. The van der Waals surface area contributed by atoms with Crippen molar-refractivity contribution in [3.8, 4) is 0 Å². The van der Waals surface area contributed by atoms with E-state index in [0.29, 0.717) is 5.88 Å². The van der Waals surface area contributed by atoms with Gasteiger partial charge in [0.15, 0.2) is 0 Å². The molecule has 0 saturated carbocycles. The summed E-state index contributed by atoms with van der Waals surface area (Å²) in [4.78, 5) is 4.18. The van der Waals surface area contributed by atoms with Crippen LogP contribution in [0.2, 0.25) is 0 Å². The molecule has 3 nitrogen and oxygen atoms in total. The number of nitrogens with zero attached hydrogens (tertiary/aromatic N) is 2. The largest absolute Gasteiger partial charge is 0.354 e. The van der Waals surface area contributed by atoms with E-state index in [2.05, 4.69) is 14.7 Å². The lowest BCUT2D eigenvalue weighted by Gasteiger charge is -2.21. The number of aryl methyl sites for hydroxylation is 1. The van der Waals surface area contributed by atoms with Crippen LogP contribution in [0, 0.1) is 6.92 Å². The average molecular weight is 206 g/mol. The van der Waals surface area contributed by atoms with Crippen molar-refractivity contribution in [1.29, 1.82) is 0 Å². The maximum absolute atomic E-state index is 5.74. The lowest BCUT2D eigenvalue weighted by atomic mass is 10.1. The van der Waals surface area contributed by atoms with Gasteiger partial charge in [0.25, 0.3) is 0 Å². The third kappa shape index (κ3) is 2.60. The number of anilines is 1. The zero-order valence-electron chi connectivity index (χ0n) is 7.39. The van der Waals surface area contributed by atoms with Crippen LogP contribution in [0.4, 0.5) is 5.13 Å². The summed E-state index contributed by atoms with van der Waals surface area (Å²) in [5, 5.41) is 4.03. The van der Waals surface area contributed by atoms with Crippen molar-refractivity contribution in [2.75, 3.05) is 11.2 Å². The third-order valence-electron chi connectivity index (χ3n) is 1.31. The molecule has 0 bridgehead atoms. The van der Waals surface area contributed by atoms with E-state index in [1.807, 2.05) is 20.8 Å². The summed E-state index contributed by atoms with van der Waals surface area (Å²) in [5.74, 6) is 1.35. The lowest BCUT2D eigenvalue weighted by molar-refractivity contribution is 0.640. The summed E-state index contributed by atoms with van der Waals surface area (Å²) in [6, 6.07) is 0. The molecule has 0 aliphatic carbocycles. The van der Waals surface area contributed by atoms with Crippen molar-refractivity contribution in [2.45, 2.75) is 26.3 Å². The van der Waals surface area contributed by atoms with E-state index in [-0.39, 0.29) is 5.54 Å². The maximum Gasteiger partial charge on any atom is 0.203 e. The highest BCUT2D eigenvalue weighted by molar-refractivity contribution is 7.09. The Kier molecular flexibility index (Phi) is 2.90. The van der Waals surface area contributed by atoms with Gasteiger partial charge in [-0.15, -0.1) is 11.6 Å². The average Bonchev–Trinajstić information content (AvgIpc) is 2.35. The lowest BCUT2D eigenvalue weighted by Crippen LogP contribution is -2.32. The second-order valence-electron chi connectivity index (χ2n) is 3.29. The number of hydrogen-bond acceptors (Lipinski definition) is 4. The molecule has 1 aromatic heterocycles. The predicted octanol–water partition coefficient (Wildman–Crippen LogP) is 2.28. The maximum atomic E-state index is 5.74. The molecule has 0 saturated heterocycles. The minimum Gasteiger partial charge on any atom is -0.354 e. The van der Waals surface area contributed by atoms with E-state index in [1.54, 1.807) is 0 Å². The van der Waals surface area contributed by atoms with Crippen molar-refractivity contribution < 1.29 is 0 Å². The minimum atomic E-state index is -0.118. The Hall–Kier alpha value is -0.350. The Morgan fingerprint density at radius 1 is 1.58 bits per heavy atom. The van der Waals surface area contributed by atoms with Gasteiger partial charge in [-0.25, -0.2) is 4.98 Å². The fourth-order valence-electron chi connectivity index (χ4n) is 0.671. The van der Waals surface area contributed by atoms with E-state index in [1.165, 1.54) is 11.5 Å². The SMILES string of the molecule is Cc1nsc(NC(C)(C)CCl)n1. The fourth-order valence-corrected chi connectivity index (χ4v) is 1.49. The second kappa shape index (κ2) is 3.58. The van der Waals surface area contributed by atoms with Gasteiger partial charge in [-0.1, -0.05) is 0 Å². The molecule has 0 atom stereocenters. The zero-order valence-corrected chi connectivity index (χ0v) is 8.96. The van der Waals surface area contributed by atoms with Gasteiger partial charge in [0.1, 0.15) is 5.82 Å². The van der Waals surface area contributed by atoms with Crippen molar-refractivity contribution in [1.82, 2.24) is 9.36 Å². The van der Waals surface area contributed by atoms with Gasteiger partial charge < -0.3 is 5.32 Å². The monoisotopic (exact) mass is 205 g/mol. The molecule has 0 radical (unpaired) electrons. The molecule has 68 valence electrons. The summed E-state index contributed by atoms with van der Waals surface area (Å²) >= 11 is 7.10. The van der Waals surface area contributed by atoms with Crippen LogP contribution in [0.5, 0.6) is 0 Å². The third-order valence-corrected chi connectivity index (χ3v) is 2.70. The van der Waals surface area contributed by atoms with Crippen LogP contribution in [0.15, 0.2) is 0 Å². The molecule has 1 N–H and O–H groups in total. The Balaban J connectivity index is 2.63. The molecule has 0 unspecified atom stereocenters. The van der Waals surface area contributed by atoms with Gasteiger partial charge in [0.05, 0.1) is 0 Å². The van der Waals surface area contributed by atoms with Gasteiger partial charge >= 0.3 is 0 Å². The fraction of sp³-hybridized carbons (Fsp3) is 0.714. The van der Waals surface area contributed by atoms with E-state index in [0.717, 1.165) is 11.0 Å². The van der Waals surface area contributed by atoms with Crippen molar-refractivity contribution >= 4 is 28.3 Å². The molecule has 1 rings (SSSR count). The molecule has 0 amide bonds. The Morgan fingerprint density at radius 3 is 2.67 bits per heavy atom. The number of nitrogens with one attached hydrogen (secondary N) is 1. The van der Waals surface area contributed by atoms with Crippen molar-refractivity contribution in [3.05, 3.63) is 5.82 Å². The van der Waals surface area contributed by atoms with Crippen LogP contribution in [-0.4, -0.2) is 20.8 Å². The van der Waals surface area contributed by atoms with Gasteiger partial charge in [-0.05, 0) is 20.8 Å². The van der Waals surface area contributed by atoms with Crippen LogP contribution in [0.1, 0.15) is 19.7 Å². The van der Waals surface area contributed by atoms with E-state index in [9.17, 15) is 0 Å². The summed E-state index contributed by atoms with van der Waals surface area (Å²) in [5.41, 5.74) is -0.118. The van der Waals surface area contributed by atoms with Crippen molar-refractivity contribution in [2.24, 2.45) is 0 Å². The van der Waals surface area contributed by atoms with Crippen LogP contribution in [-0.2, 0) is 0 Å². The van der Waals surface area contributed by atoms with Crippen LogP contribution < -0.4 is 5.32 Å². The molecule has 0 aromatic carbocycles. The van der Waals surface area contributed by atoms with Gasteiger partial charge in [-0.2, -0.15) is 4.37 Å². The molecule has 12 heavy (non-hydrogen) atoms. The number of hydrogen-bond donors (Lipinski definition) is 1. The first-order valence-electron chi connectivity index (χ1n) is 3.68. The van der Waals surface area contributed by atoms with Gasteiger partial charge in [0.2, 0.25) is 5.13 Å². The van der Waals surface area contributed by atoms with Gasteiger partial charge in [-0.3, -0.25) is 0 Å². The molecular formula is C7H12ClN3S. The summed E-state index contributed by atoms with van der Waals surface area (Å²) in [6.45, 7) is 5.92. The smallest absolute Gasteiger partial charge is 0.203 e. The Labute approximate surface area is 81.3 Å². The second-order valence-corrected chi connectivity index (χ2v) is 4.31. The molecule has 5 heteroatoms. The van der Waals surface area contributed by atoms with E-state index in [4.69, 9.17) is 11.6 Å². The van der Waals surface area contributed by atoms with E-state index >= 15 is 0 Å². The van der Waals surface area contributed by atoms with Crippen LogP contribution in [0.3, 0.4) is 0 Å². The Bertz CT molecular complexity index is 259. The first kappa shape index (κ1) is 9.74. The normalized spacial score (nSPS) is 11.7. The molecular weight excluding hydrogens is 194 g/mol. The first-order valence-corrected chi connectivity index (χ1v) is 4.99. The topological polar surface area (TPSA) is 37.8 Å². The summed E-state index contributed by atoms with van der Waals surface area (Å²) in [6.07, 6.45) is 0. The summed E-state index contributed by atoms with van der Waals surface area (Å²) < 4.78 is 4.06. The zero-order chi connectivity index (χ0) is 9.19. The van der Waals surface area contributed by atoms with Crippen LogP contribution >= 0.6 is 23.1 Å².